The number of hydrogen-bond acceptors (Lipinski definition) is 4. The van der Waals surface area contributed by atoms with Gasteiger partial charge >= 0.3 is 0 Å². The zero-order valence-corrected chi connectivity index (χ0v) is 15.8. The summed E-state index contributed by atoms with van der Waals surface area (Å²) in [6, 6.07) is 12.1. The van der Waals surface area contributed by atoms with Crippen LogP contribution >= 0.6 is 12.4 Å². The minimum atomic E-state index is -3.67. The summed E-state index contributed by atoms with van der Waals surface area (Å²) in [7, 11) is -3.67. The molecule has 3 rings (SSSR count). The van der Waals surface area contributed by atoms with E-state index in [1.807, 2.05) is 18.2 Å². The first-order valence-corrected chi connectivity index (χ1v) is 9.75. The lowest BCUT2D eigenvalue weighted by atomic mass is 9.97. The molecule has 0 atom stereocenters. The second-order valence-electron chi connectivity index (χ2n) is 6.06. The number of anilines is 1. The first kappa shape index (κ1) is 20.2. The SMILES string of the molecule is Cl.NS(=O)(=O)c1ccc(CCNC(=O)c2cccc3c2CCCN3)cc1. The molecular formula is C18H22ClN3O3S. The van der Waals surface area contributed by atoms with E-state index in [0.29, 0.717) is 18.5 Å². The molecule has 1 aliphatic rings. The Morgan fingerprint density at radius 2 is 1.88 bits per heavy atom. The van der Waals surface area contributed by atoms with Gasteiger partial charge in [-0.1, -0.05) is 18.2 Å². The van der Waals surface area contributed by atoms with E-state index in [1.165, 1.54) is 12.1 Å². The molecular weight excluding hydrogens is 374 g/mol. The first-order valence-electron chi connectivity index (χ1n) is 8.21. The van der Waals surface area contributed by atoms with E-state index in [-0.39, 0.29) is 23.2 Å². The molecule has 0 aromatic heterocycles. The predicted molar refractivity (Wildman–Crippen MR) is 104 cm³/mol. The Morgan fingerprint density at radius 1 is 1.15 bits per heavy atom. The zero-order chi connectivity index (χ0) is 17.9. The van der Waals surface area contributed by atoms with Crippen molar-refractivity contribution < 1.29 is 13.2 Å². The van der Waals surface area contributed by atoms with Crippen molar-refractivity contribution in [3.63, 3.8) is 0 Å². The lowest BCUT2D eigenvalue weighted by Gasteiger charge is -2.20. The smallest absolute Gasteiger partial charge is 0.251 e. The fourth-order valence-electron chi connectivity index (χ4n) is 2.98. The summed E-state index contributed by atoms with van der Waals surface area (Å²) >= 11 is 0. The molecule has 1 amide bonds. The van der Waals surface area contributed by atoms with Gasteiger partial charge in [0, 0.05) is 24.3 Å². The summed E-state index contributed by atoms with van der Waals surface area (Å²) in [5, 5.41) is 11.3. The number of primary sulfonamides is 1. The van der Waals surface area contributed by atoms with Gasteiger partial charge in [-0.05, 0) is 54.7 Å². The first-order chi connectivity index (χ1) is 11.9. The van der Waals surface area contributed by atoms with E-state index in [2.05, 4.69) is 10.6 Å². The molecule has 4 N–H and O–H groups in total. The molecule has 0 spiro atoms. The highest BCUT2D eigenvalue weighted by Crippen LogP contribution is 2.25. The van der Waals surface area contributed by atoms with Crippen LogP contribution in [0.2, 0.25) is 0 Å². The average molecular weight is 396 g/mol. The highest BCUT2D eigenvalue weighted by molar-refractivity contribution is 7.89. The van der Waals surface area contributed by atoms with E-state index in [4.69, 9.17) is 5.14 Å². The van der Waals surface area contributed by atoms with Crippen LogP contribution in [0.4, 0.5) is 5.69 Å². The molecule has 1 heterocycles. The number of amides is 1. The fraction of sp³-hybridized carbons (Fsp3) is 0.278. The van der Waals surface area contributed by atoms with Gasteiger partial charge in [0.05, 0.1) is 4.90 Å². The summed E-state index contributed by atoms with van der Waals surface area (Å²) in [6.07, 6.45) is 2.54. The zero-order valence-electron chi connectivity index (χ0n) is 14.2. The minimum Gasteiger partial charge on any atom is -0.385 e. The van der Waals surface area contributed by atoms with Gasteiger partial charge < -0.3 is 10.6 Å². The summed E-state index contributed by atoms with van der Waals surface area (Å²) in [5.74, 6) is -0.0818. The Labute approximate surface area is 159 Å². The van der Waals surface area contributed by atoms with Crippen molar-refractivity contribution >= 4 is 34.0 Å². The summed E-state index contributed by atoms with van der Waals surface area (Å²) < 4.78 is 22.5. The van der Waals surface area contributed by atoms with Crippen LogP contribution in [-0.4, -0.2) is 27.4 Å². The van der Waals surface area contributed by atoms with Crippen LogP contribution in [0.25, 0.3) is 0 Å². The average Bonchev–Trinajstić information content (AvgIpc) is 2.61. The third kappa shape index (κ3) is 4.75. The molecule has 0 unspecified atom stereocenters. The quantitative estimate of drug-likeness (QED) is 0.721. The highest BCUT2D eigenvalue weighted by Gasteiger charge is 2.17. The molecule has 0 radical (unpaired) electrons. The number of sulfonamides is 1. The molecule has 6 nitrogen and oxygen atoms in total. The standard InChI is InChI=1S/C18H21N3O3S.ClH/c19-25(23,24)14-8-6-13(7-9-14)10-12-21-18(22)16-3-1-5-17-15(16)4-2-11-20-17;/h1,3,5-9,20H,2,4,10-12H2,(H,21,22)(H2,19,23,24);1H. The number of carbonyl (C=O) groups is 1. The minimum absolute atomic E-state index is 0. The Balaban J connectivity index is 0.00000243. The van der Waals surface area contributed by atoms with Crippen LogP contribution in [0.1, 0.15) is 27.9 Å². The lowest BCUT2D eigenvalue weighted by molar-refractivity contribution is 0.0953. The van der Waals surface area contributed by atoms with E-state index in [1.54, 1.807) is 12.1 Å². The molecule has 0 saturated carbocycles. The van der Waals surface area contributed by atoms with Crippen molar-refractivity contribution in [3.05, 3.63) is 59.2 Å². The number of hydrogen-bond donors (Lipinski definition) is 3. The molecule has 0 aliphatic carbocycles. The number of carbonyl (C=O) groups excluding carboxylic acids is 1. The Morgan fingerprint density at radius 3 is 2.58 bits per heavy atom. The maximum absolute atomic E-state index is 12.5. The van der Waals surface area contributed by atoms with Crippen LogP contribution in [0.5, 0.6) is 0 Å². The van der Waals surface area contributed by atoms with Gasteiger partial charge in [-0.2, -0.15) is 0 Å². The largest absolute Gasteiger partial charge is 0.385 e. The van der Waals surface area contributed by atoms with Crippen molar-refractivity contribution in [2.45, 2.75) is 24.2 Å². The van der Waals surface area contributed by atoms with Gasteiger partial charge in [0.25, 0.3) is 5.91 Å². The number of benzene rings is 2. The van der Waals surface area contributed by atoms with Crippen LogP contribution < -0.4 is 15.8 Å². The topological polar surface area (TPSA) is 101 Å². The van der Waals surface area contributed by atoms with Crippen LogP contribution in [-0.2, 0) is 22.9 Å². The molecule has 140 valence electrons. The number of fused-ring (bicyclic) bond motifs is 1. The molecule has 1 aliphatic heterocycles. The van der Waals surface area contributed by atoms with E-state index in [9.17, 15) is 13.2 Å². The van der Waals surface area contributed by atoms with Crippen LogP contribution in [0, 0.1) is 0 Å². The van der Waals surface area contributed by atoms with E-state index in [0.717, 1.165) is 36.2 Å². The number of nitrogens with two attached hydrogens (primary N) is 1. The Hall–Kier alpha value is -2.09. The van der Waals surface area contributed by atoms with Gasteiger partial charge in [-0.3, -0.25) is 4.79 Å². The number of rotatable bonds is 5. The predicted octanol–water partition coefficient (Wildman–Crippen LogP) is 2.09. The number of halogens is 1. The Bertz CT molecular complexity index is 883. The molecule has 0 fully saturated rings. The molecule has 2 aromatic rings. The van der Waals surface area contributed by atoms with Crippen LogP contribution in [0.15, 0.2) is 47.4 Å². The van der Waals surface area contributed by atoms with Gasteiger partial charge in [0.2, 0.25) is 10.0 Å². The lowest BCUT2D eigenvalue weighted by Crippen LogP contribution is -2.28. The molecule has 0 saturated heterocycles. The van der Waals surface area contributed by atoms with Gasteiger partial charge in [-0.25, -0.2) is 13.6 Å². The normalized spacial score (nSPS) is 13.1. The third-order valence-corrected chi connectivity index (χ3v) is 5.22. The second-order valence-corrected chi connectivity index (χ2v) is 7.62. The van der Waals surface area contributed by atoms with Crippen molar-refractivity contribution in [1.82, 2.24) is 5.32 Å². The Kier molecular flexibility index (Phi) is 6.63. The van der Waals surface area contributed by atoms with Crippen molar-refractivity contribution in [2.75, 3.05) is 18.4 Å². The van der Waals surface area contributed by atoms with E-state index < -0.39 is 10.0 Å². The maximum Gasteiger partial charge on any atom is 0.251 e. The van der Waals surface area contributed by atoms with Crippen LogP contribution in [0.3, 0.4) is 0 Å². The van der Waals surface area contributed by atoms with Gasteiger partial charge in [0.1, 0.15) is 0 Å². The highest BCUT2D eigenvalue weighted by atomic mass is 35.5. The number of nitrogens with one attached hydrogen (secondary N) is 2. The second kappa shape index (κ2) is 8.53. The third-order valence-electron chi connectivity index (χ3n) is 4.29. The molecule has 2 aromatic carbocycles. The van der Waals surface area contributed by atoms with Gasteiger partial charge in [-0.15, -0.1) is 12.4 Å². The molecule has 8 heteroatoms. The van der Waals surface area contributed by atoms with Gasteiger partial charge in [0.15, 0.2) is 0 Å². The summed E-state index contributed by atoms with van der Waals surface area (Å²) in [5.41, 5.74) is 3.76. The van der Waals surface area contributed by atoms with E-state index >= 15 is 0 Å². The van der Waals surface area contributed by atoms with Crippen molar-refractivity contribution in [2.24, 2.45) is 5.14 Å². The maximum atomic E-state index is 12.5. The van der Waals surface area contributed by atoms with Crippen molar-refractivity contribution in [1.29, 1.82) is 0 Å². The summed E-state index contributed by atoms with van der Waals surface area (Å²) in [4.78, 5) is 12.5. The molecule has 0 bridgehead atoms. The fourth-order valence-corrected chi connectivity index (χ4v) is 3.50. The monoisotopic (exact) mass is 395 g/mol. The molecule has 26 heavy (non-hydrogen) atoms. The van der Waals surface area contributed by atoms with Crippen molar-refractivity contribution in [3.8, 4) is 0 Å². The summed E-state index contributed by atoms with van der Waals surface area (Å²) in [6.45, 7) is 1.41.